The first-order valence-electron chi connectivity index (χ1n) is 8.74. The highest BCUT2D eigenvalue weighted by Crippen LogP contribution is 2.21. The van der Waals surface area contributed by atoms with Crippen LogP contribution in [0.25, 0.3) is 5.57 Å². The van der Waals surface area contributed by atoms with Crippen LogP contribution in [0.2, 0.25) is 5.02 Å². The monoisotopic (exact) mass is 390 g/mol. The van der Waals surface area contributed by atoms with Crippen LogP contribution in [0, 0.1) is 0 Å². The topological polar surface area (TPSA) is 58.2 Å². The Morgan fingerprint density at radius 1 is 0.750 bits per heavy atom. The molecular weight excluding hydrogens is 372 g/mol. The fraction of sp³-hybridized carbons (Fsp3) is 0.0435. The largest absolute Gasteiger partial charge is 0.321 e. The molecule has 5 heteroatoms. The number of halogens is 1. The summed E-state index contributed by atoms with van der Waals surface area (Å²) in [5, 5.41) is 6.18. The van der Waals surface area contributed by atoms with E-state index in [1.807, 2.05) is 36.4 Å². The van der Waals surface area contributed by atoms with E-state index in [0.29, 0.717) is 21.8 Å². The van der Waals surface area contributed by atoms with Crippen molar-refractivity contribution >= 4 is 34.7 Å². The van der Waals surface area contributed by atoms with E-state index in [1.54, 1.807) is 55.5 Å². The van der Waals surface area contributed by atoms with Gasteiger partial charge in [0.1, 0.15) is 5.70 Å². The molecule has 0 bridgehead atoms. The van der Waals surface area contributed by atoms with E-state index in [-0.39, 0.29) is 11.6 Å². The van der Waals surface area contributed by atoms with Crippen molar-refractivity contribution in [3.8, 4) is 0 Å². The summed E-state index contributed by atoms with van der Waals surface area (Å²) >= 11 is 5.97. The molecule has 4 nitrogen and oxygen atoms in total. The minimum Gasteiger partial charge on any atom is -0.321 e. The van der Waals surface area contributed by atoms with Gasteiger partial charge in [-0.25, -0.2) is 0 Å². The van der Waals surface area contributed by atoms with Crippen molar-refractivity contribution in [2.45, 2.75) is 6.92 Å². The molecule has 28 heavy (non-hydrogen) atoms. The van der Waals surface area contributed by atoms with Crippen LogP contribution in [0.5, 0.6) is 0 Å². The van der Waals surface area contributed by atoms with Crippen molar-refractivity contribution in [2.24, 2.45) is 0 Å². The zero-order valence-corrected chi connectivity index (χ0v) is 16.0. The molecule has 0 radical (unpaired) electrons. The SMILES string of the molecule is CC(=C(NC(=O)c1ccccc1)C(=O)Nc1ccccc1)c1ccc(Cl)cc1. The average Bonchev–Trinajstić information content (AvgIpc) is 2.73. The summed E-state index contributed by atoms with van der Waals surface area (Å²) in [7, 11) is 0. The lowest BCUT2D eigenvalue weighted by molar-refractivity contribution is -0.113. The first-order chi connectivity index (χ1) is 13.5. The molecule has 0 aromatic heterocycles. The van der Waals surface area contributed by atoms with Gasteiger partial charge in [0, 0.05) is 16.3 Å². The van der Waals surface area contributed by atoms with Crippen LogP contribution in [0.1, 0.15) is 22.8 Å². The Kier molecular flexibility index (Phi) is 6.25. The van der Waals surface area contributed by atoms with Crippen molar-refractivity contribution in [3.63, 3.8) is 0 Å². The van der Waals surface area contributed by atoms with Crippen molar-refractivity contribution in [3.05, 3.63) is 107 Å². The van der Waals surface area contributed by atoms with Gasteiger partial charge in [-0.15, -0.1) is 0 Å². The molecule has 0 fully saturated rings. The van der Waals surface area contributed by atoms with E-state index in [0.717, 1.165) is 5.56 Å². The van der Waals surface area contributed by atoms with E-state index >= 15 is 0 Å². The first kappa shape index (κ1) is 19.4. The van der Waals surface area contributed by atoms with Gasteiger partial charge in [0.05, 0.1) is 0 Å². The number of carbonyl (C=O) groups excluding carboxylic acids is 2. The maximum Gasteiger partial charge on any atom is 0.272 e. The van der Waals surface area contributed by atoms with Crippen LogP contribution in [0.3, 0.4) is 0 Å². The van der Waals surface area contributed by atoms with Gasteiger partial charge in [0.25, 0.3) is 11.8 Å². The number of amides is 2. The van der Waals surface area contributed by atoms with Gasteiger partial charge >= 0.3 is 0 Å². The van der Waals surface area contributed by atoms with E-state index < -0.39 is 5.91 Å². The Morgan fingerprint density at radius 2 is 1.32 bits per heavy atom. The highest BCUT2D eigenvalue weighted by molar-refractivity contribution is 6.30. The minimum absolute atomic E-state index is 0.181. The highest BCUT2D eigenvalue weighted by atomic mass is 35.5. The second-order valence-corrected chi connectivity index (χ2v) is 6.58. The van der Waals surface area contributed by atoms with Crippen molar-refractivity contribution in [1.29, 1.82) is 0 Å². The summed E-state index contributed by atoms with van der Waals surface area (Å²) in [6, 6.07) is 24.9. The average molecular weight is 391 g/mol. The molecule has 0 heterocycles. The molecular formula is C23H19ClN2O2. The van der Waals surface area contributed by atoms with Gasteiger partial charge in [-0.1, -0.05) is 60.1 Å². The van der Waals surface area contributed by atoms with Gasteiger partial charge in [0.2, 0.25) is 0 Å². The van der Waals surface area contributed by atoms with Crippen molar-refractivity contribution < 1.29 is 9.59 Å². The maximum atomic E-state index is 13.0. The van der Waals surface area contributed by atoms with Crippen molar-refractivity contribution in [2.75, 3.05) is 5.32 Å². The third kappa shape index (κ3) is 4.87. The van der Waals surface area contributed by atoms with Gasteiger partial charge in [-0.2, -0.15) is 0 Å². The lowest BCUT2D eigenvalue weighted by Crippen LogP contribution is -2.31. The molecule has 3 aromatic carbocycles. The predicted molar refractivity (Wildman–Crippen MR) is 113 cm³/mol. The molecule has 0 saturated heterocycles. The van der Waals surface area contributed by atoms with Gasteiger partial charge in [0.15, 0.2) is 0 Å². The van der Waals surface area contributed by atoms with Crippen LogP contribution in [-0.2, 0) is 4.79 Å². The number of benzene rings is 3. The number of carbonyl (C=O) groups is 2. The number of hydrogen-bond donors (Lipinski definition) is 2. The molecule has 0 atom stereocenters. The quantitative estimate of drug-likeness (QED) is 0.592. The van der Waals surface area contributed by atoms with Crippen LogP contribution in [0.15, 0.2) is 90.6 Å². The van der Waals surface area contributed by atoms with Crippen LogP contribution in [-0.4, -0.2) is 11.8 Å². The van der Waals surface area contributed by atoms with Gasteiger partial charge in [-0.05, 0) is 54.5 Å². The Labute approximate surface area is 168 Å². The van der Waals surface area contributed by atoms with E-state index in [2.05, 4.69) is 10.6 Å². The standard InChI is InChI=1S/C23H19ClN2O2/c1-16(17-12-14-19(24)15-13-17)21(23(28)25-20-10-6-3-7-11-20)26-22(27)18-8-4-2-5-9-18/h2-15H,1H3,(H,25,28)(H,26,27). The second-order valence-electron chi connectivity index (χ2n) is 6.15. The molecule has 140 valence electrons. The number of hydrogen-bond acceptors (Lipinski definition) is 2. The van der Waals surface area contributed by atoms with Gasteiger partial charge in [-0.3, -0.25) is 9.59 Å². The van der Waals surface area contributed by atoms with E-state index in [9.17, 15) is 9.59 Å². The third-order valence-corrected chi connectivity index (χ3v) is 4.44. The van der Waals surface area contributed by atoms with Crippen LogP contribution >= 0.6 is 11.6 Å². The second kappa shape index (κ2) is 9.02. The fourth-order valence-corrected chi connectivity index (χ4v) is 2.78. The normalized spacial score (nSPS) is 11.4. The summed E-state index contributed by atoms with van der Waals surface area (Å²) in [6.45, 7) is 1.79. The number of allylic oxidation sites excluding steroid dienone is 1. The first-order valence-corrected chi connectivity index (χ1v) is 9.12. The number of para-hydroxylation sites is 1. The lowest BCUT2D eigenvalue weighted by Gasteiger charge is -2.15. The summed E-state index contributed by atoms with van der Waals surface area (Å²) in [5.41, 5.74) is 2.71. The summed E-state index contributed by atoms with van der Waals surface area (Å²) in [4.78, 5) is 25.6. The van der Waals surface area contributed by atoms with Crippen LogP contribution in [0.4, 0.5) is 5.69 Å². The summed E-state index contributed by atoms with van der Waals surface area (Å²) in [6.07, 6.45) is 0. The molecule has 0 aliphatic carbocycles. The fourth-order valence-electron chi connectivity index (χ4n) is 2.66. The van der Waals surface area contributed by atoms with E-state index in [1.165, 1.54) is 0 Å². The maximum absolute atomic E-state index is 13.0. The number of nitrogens with one attached hydrogen (secondary N) is 2. The Hall–Kier alpha value is -3.37. The zero-order valence-electron chi connectivity index (χ0n) is 15.3. The Morgan fingerprint density at radius 3 is 1.93 bits per heavy atom. The van der Waals surface area contributed by atoms with E-state index in [4.69, 9.17) is 11.6 Å². The zero-order chi connectivity index (χ0) is 19.9. The molecule has 0 aliphatic rings. The molecule has 3 aromatic rings. The Bertz CT molecular complexity index is 998. The highest BCUT2D eigenvalue weighted by Gasteiger charge is 2.18. The molecule has 3 rings (SSSR count). The molecule has 0 spiro atoms. The summed E-state index contributed by atoms with van der Waals surface area (Å²) in [5.74, 6) is -0.755. The molecule has 0 unspecified atom stereocenters. The smallest absolute Gasteiger partial charge is 0.272 e. The molecule has 0 saturated carbocycles. The third-order valence-electron chi connectivity index (χ3n) is 4.19. The molecule has 2 amide bonds. The van der Waals surface area contributed by atoms with Crippen molar-refractivity contribution in [1.82, 2.24) is 5.32 Å². The molecule has 0 aliphatic heterocycles. The van der Waals surface area contributed by atoms with Gasteiger partial charge < -0.3 is 10.6 Å². The molecule has 2 N–H and O–H groups in total. The minimum atomic E-state index is -0.400. The lowest BCUT2D eigenvalue weighted by atomic mass is 10.0. The van der Waals surface area contributed by atoms with Crippen LogP contribution < -0.4 is 10.6 Å². The number of anilines is 1. The number of rotatable bonds is 5. The Balaban J connectivity index is 1.95. The summed E-state index contributed by atoms with van der Waals surface area (Å²) < 4.78 is 0. The predicted octanol–water partition coefficient (Wildman–Crippen LogP) is 5.14.